The van der Waals surface area contributed by atoms with Crippen molar-refractivity contribution >= 4 is 5.91 Å². The zero-order valence-corrected chi connectivity index (χ0v) is 15.6. The van der Waals surface area contributed by atoms with Gasteiger partial charge in [-0.2, -0.15) is 4.98 Å². The monoisotopic (exact) mass is 379 g/mol. The van der Waals surface area contributed by atoms with Crippen LogP contribution in [0.1, 0.15) is 5.56 Å². The number of rotatable bonds is 5. The van der Waals surface area contributed by atoms with E-state index >= 15 is 0 Å². The van der Waals surface area contributed by atoms with Crippen LogP contribution in [0.5, 0.6) is 5.75 Å². The van der Waals surface area contributed by atoms with Gasteiger partial charge in [0, 0.05) is 24.2 Å². The van der Waals surface area contributed by atoms with Crippen molar-refractivity contribution in [3.63, 3.8) is 0 Å². The first-order chi connectivity index (χ1) is 13.7. The lowest BCUT2D eigenvalue weighted by Crippen LogP contribution is -2.42. The fourth-order valence-corrected chi connectivity index (χ4v) is 2.90. The van der Waals surface area contributed by atoms with Gasteiger partial charge in [-0.3, -0.25) is 4.79 Å². The highest BCUT2D eigenvalue weighted by atomic mass is 16.5. The molecule has 144 valence electrons. The second kappa shape index (κ2) is 8.22. The third kappa shape index (κ3) is 4.20. The van der Waals surface area contributed by atoms with Gasteiger partial charge in [0.2, 0.25) is 5.82 Å². The summed E-state index contributed by atoms with van der Waals surface area (Å²) in [4.78, 5) is 18.3. The van der Waals surface area contributed by atoms with Crippen molar-refractivity contribution in [1.82, 2.24) is 15.0 Å². The van der Waals surface area contributed by atoms with Crippen LogP contribution in [-0.4, -0.2) is 53.9 Å². The fraction of sp³-hybridized carbons (Fsp3) is 0.286. The van der Waals surface area contributed by atoms with Gasteiger partial charge in [0.1, 0.15) is 5.75 Å². The summed E-state index contributed by atoms with van der Waals surface area (Å²) in [5, 5.41) is 4.05. The minimum Gasteiger partial charge on any atom is -0.484 e. The molecule has 1 aromatic heterocycles. The predicted octanol–water partition coefficient (Wildman–Crippen LogP) is 2.95. The summed E-state index contributed by atoms with van der Waals surface area (Å²) in [6.45, 7) is 4.43. The number of aryl methyl sites for hydroxylation is 1. The molecule has 0 aliphatic carbocycles. The Morgan fingerprint density at radius 1 is 1.04 bits per heavy atom. The maximum absolute atomic E-state index is 12.1. The number of morpholine rings is 1. The van der Waals surface area contributed by atoms with E-state index in [1.54, 1.807) is 17.0 Å². The zero-order chi connectivity index (χ0) is 19.3. The topological polar surface area (TPSA) is 77.7 Å². The first-order valence-electron chi connectivity index (χ1n) is 9.18. The number of amides is 1. The van der Waals surface area contributed by atoms with Gasteiger partial charge in [-0.15, -0.1) is 0 Å². The van der Waals surface area contributed by atoms with Gasteiger partial charge in [0.15, 0.2) is 6.61 Å². The van der Waals surface area contributed by atoms with E-state index in [1.165, 1.54) is 5.56 Å². The third-order valence-electron chi connectivity index (χ3n) is 4.56. The molecule has 2 heterocycles. The average molecular weight is 379 g/mol. The van der Waals surface area contributed by atoms with Gasteiger partial charge in [-0.25, -0.2) is 0 Å². The van der Waals surface area contributed by atoms with Gasteiger partial charge in [-0.1, -0.05) is 35.0 Å². The van der Waals surface area contributed by atoms with Crippen LogP contribution in [-0.2, 0) is 9.53 Å². The van der Waals surface area contributed by atoms with E-state index in [9.17, 15) is 4.79 Å². The number of carbonyl (C=O) groups excluding carboxylic acids is 1. The van der Waals surface area contributed by atoms with E-state index in [1.807, 2.05) is 43.3 Å². The molecule has 7 nitrogen and oxygen atoms in total. The Kier molecular flexibility index (Phi) is 5.34. The van der Waals surface area contributed by atoms with Gasteiger partial charge < -0.3 is 18.9 Å². The number of hydrogen-bond acceptors (Lipinski definition) is 6. The molecule has 0 unspecified atom stereocenters. The molecule has 2 aromatic carbocycles. The summed E-state index contributed by atoms with van der Waals surface area (Å²) in [6, 6.07) is 15.2. The molecule has 3 aromatic rings. The van der Waals surface area contributed by atoms with Crippen LogP contribution >= 0.6 is 0 Å². The normalized spacial score (nSPS) is 14.1. The number of hydrogen-bond donors (Lipinski definition) is 0. The highest BCUT2D eigenvalue weighted by Gasteiger charge is 2.17. The summed E-state index contributed by atoms with van der Waals surface area (Å²) >= 11 is 0. The Bertz CT molecular complexity index is 929. The van der Waals surface area contributed by atoms with Crippen LogP contribution in [0.2, 0.25) is 0 Å². The molecule has 0 spiro atoms. The molecule has 1 aliphatic heterocycles. The Labute approximate surface area is 162 Å². The second-order valence-corrected chi connectivity index (χ2v) is 6.60. The van der Waals surface area contributed by atoms with Crippen molar-refractivity contribution < 1.29 is 18.8 Å². The van der Waals surface area contributed by atoms with E-state index < -0.39 is 0 Å². The first-order valence-corrected chi connectivity index (χ1v) is 9.18. The van der Waals surface area contributed by atoms with Crippen molar-refractivity contribution in [3.8, 4) is 28.6 Å². The van der Waals surface area contributed by atoms with E-state index in [2.05, 4.69) is 10.1 Å². The van der Waals surface area contributed by atoms with Crippen molar-refractivity contribution in [2.75, 3.05) is 32.9 Å². The smallest absolute Gasteiger partial charge is 0.260 e. The predicted molar refractivity (Wildman–Crippen MR) is 103 cm³/mol. The highest BCUT2D eigenvalue weighted by molar-refractivity contribution is 5.77. The largest absolute Gasteiger partial charge is 0.484 e. The third-order valence-corrected chi connectivity index (χ3v) is 4.56. The van der Waals surface area contributed by atoms with Gasteiger partial charge >= 0.3 is 0 Å². The molecule has 0 saturated carbocycles. The van der Waals surface area contributed by atoms with Crippen LogP contribution in [0.25, 0.3) is 22.8 Å². The lowest BCUT2D eigenvalue weighted by molar-refractivity contribution is -0.137. The van der Waals surface area contributed by atoms with E-state index in [4.69, 9.17) is 14.0 Å². The highest BCUT2D eigenvalue weighted by Crippen LogP contribution is 2.24. The molecule has 1 aliphatic rings. The van der Waals surface area contributed by atoms with E-state index in [-0.39, 0.29) is 12.5 Å². The Hall–Kier alpha value is -3.19. The summed E-state index contributed by atoms with van der Waals surface area (Å²) < 4.78 is 16.2. The molecule has 1 fully saturated rings. The fourth-order valence-electron chi connectivity index (χ4n) is 2.90. The van der Waals surface area contributed by atoms with Crippen LogP contribution < -0.4 is 4.74 Å². The number of nitrogens with zero attached hydrogens (tertiary/aromatic N) is 3. The minimum atomic E-state index is -0.0352. The van der Waals surface area contributed by atoms with Crippen LogP contribution in [0.15, 0.2) is 53.1 Å². The molecule has 1 saturated heterocycles. The van der Waals surface area contributed by atoms with Crippen molar-refractivity contribution in [2.45, 2.75) is 6.92 Å². The Balaban J connectivity index is 1.38. The Morgan fingerprint density at radius 3 is 2.43 bits per heavy atom. The maximum Gasteiger partial charge on any atom is 0.260 e. The van der Waals surface area contributed by atoms with Crippen molar-refractivity contribution in [3.05, 3.63) is 54.1 Å². The molecule has 0 bridgehead atoms. The van der Waals surface area contributed by atoms with E-state index in [0.717, 1.165) is 11.1 Å². The number of aromatic nitrogens is 2. The van der Waals surface area contributed by atoms with Gasteiger partial charge in [-0.05, 0) is 31.2 Å². The average Bonchev–Trinajstić information content (AvgIpc) is 3.24. The van der Waals surface area contributed by atoms with Crippen LogP contribution in [0, 0.1) is 6.92 Å². The summed E-state index contributed by atoms with van der Waals surface area (Å²) in [7, 11) is 0. The molecule has 4 rings (SSSR count). The van der Waals surface area contributed by atoms with Gasteiger partial charge in [0.05, 0.1) is 13.2 Å². The zero-order valence-electron chi connectivity index (χ0n) is 15.6. The molecule has 7 heteroatoms. The SMILES string of the molecule is Cc1ccc(-c2noc(-c3ccc(OCC(=O)N4CCOCC4)cc3)n2)cc1. The summed E-state index contributed by atoms with van der Waals surface area (Å²) in [6.07, 6.45) is 0. The molecule has 0 N–H and O–H groups in total. The molecule has 0 atom stereocenters. The standard InChI is InChI=1S/C21H21N3O4/c1-15-2-4-16(5-3-15)20-22-21(28-23-20)17-6-8-18(9-7-17)27-14-19(25)24-10-12-26-13-11-24/h2-9H,10-14H2,1H3. The molecule has 28 heavy (non-hydrogen) atoms. The van der Waals surface area contributed by atoms with Crippen molar-refractivity contribution in [1.29, 1.82) is 0 Å². The minimum absolute atomic E-state index is 0.0114. The molecule has 1 amide bonds. The summed E-state index contributed by atoms with van der Waals surface area (Å²) in [5.74, 6) is 1.56. The first kappa shape index (κ1) is 18.2. The molecular weight excluding hydrogens is 358 g/mol. The second-order valence-electron chi connectivity index (χ2n) is 6.60. The number of carbonyl (C=O) groups is 1. The maximum atomic E-state index is 12.1. The summed E-state index contributed by atoms with van der Waals surface area (Å²) in [5.41, 5.74) is 2.87. The van der Waals surface area contributed by atoms with Crippen LogP contribution in [0.3, 0.4) is 0 Å². The van der Waals surface area contributed by atoms with Crippen LogP contribution in [0.4, 0.5) is 0 Å². The number of benzene rings is 2. The lowest BCUT2D eigenvalue weighted by atomic mass is 10.1. The van der Waals surface area contributed by atoms with E-state index in [0.29, 0.717) is 43.8 Å². The lowest BCUT2D eigenvalue weighted by Gasteiger charge is -2.26. The quantitative estimate of drug-likeness (QED) is 0.678. The number of ether oxygens (including phenoxy) is 2. The molecule has 0 radical (unpaired) electrons. The van der Waals surface area contributed by atoms with Crippen molar-refractivity contribution in [2.24, 2.45) is 0 Å². The molecular formula is C21H21N3O4. The Morgan fingerprint density at radius 2 is 1.71 bits per heavy atom. The van der Waals surface area contributed by atoms with Gasteiger partial charge in [0.25, 0.3) is 11.8 Å².